The van der Waals surface area contributed by atoms with Gasteiger partial charge < -0.3 is 14.2 Å². The Kier molecular flexibility index (Phi) is 3.81. The smallest absolute Gasteiger partial charge is 0.309 e. The van der Waals surface area contributed by atoms with Gasteiger partial charge in [-0.3, -0.25) is 4.79 Å². The van der Waals surface area contributed by atoms with Crippen LogP contribution >= 0.6 is 0 Å². The van der Waals surface area contributed by atoms with Gasteiger partial charge in [-0.2, -0.15) is 0 Å². The molecule has 4 nitrogen and oxygen atoms in total. The van der Waals surface area contributed by atoms with Gasteiger partial charge in [-0.15, -0.1) is 0 Å². The molecule has 2 aliphatic rings. The molecule has 0 aliphatic carbocycles. The Morgan fingerprint density at radius 2 is 1.95 bits per heavy atom. The van der Waals surface area contributed by atoms with Crippen LogP contribution in [0.25, 0.3) is 0 Å². The highest BCUT2D eigenvalue weighted by atomic mass is 16.6. The molecule has 2 aliphatic heterocycles. The van der Waals surface area contributed by atoms with Gasteiger partial charge >= 0.3 is 5.97 Å². The summed E-state index contributed by atoms with van der Waals surface area (Å²) in [6, 6.07) is 9.13. The first kappa shape index (κ1) is 15.6. The van der Waals surface area contributed by atoms with Gasteiger partial charge in [-0.25, -0.2) is 0 Å². The van der Waals surface area contributed by atoms with Crippen LogP contribution in [0.2, 0.25) is 0 Å². The van der Waals surface area contributed by atoms with Crippen LogP contribution in [0.4, 0.5) is 0 Å². The Morgan fingerprint density at radius 1 is 1.27 bits per heavy atom. The van der Waals surface area contributed by atoms with Crippen molar-refractivity contribution in [3.05, 3.63) is 35.9 Å². The molecule has 2 saturated heterocycles. The second kappa shape index (κ2) is 5.39. The van der Waals surface area contributed by atoms with Gasteiger partial charge in [0, 0.05) is 11.9 Å². The summed E-state index contributed by atoms with van der Waals surface area (Å²) in [7, 11) is 5.96. The van der Waals surface area contributed by atoms with Crippen LogP contribution in [-0.4, -0.2) is 37.1 Å². The third kappa shape index (κ3) is 2.36. The maximum atomic E-state index is 12.3. The molecule has 2 bridgehead atoms. The largest absolute Gasteiger partial charge is 0.461 e. The molecule has 0 N–H and O–H groups in total. The highest BCUT2D eigenvalue weighted by Crippen LogP contribution is 2.55. The Hall–Kier alpha value is -1.33. The highest BCUT2D eigenvalue weighted by Gasteiger charge is 2.67. The fourth-order valence-corrected chi connectivity index (χ4v) is 3.69. The average Bonchev–Trinajstić information content (AvgIpc) is 2.81. The summed E-state index contributed by atoms with van der Waals surface area (Å²) in [6.07, 6.45) is -0.0185. The molecule has 0 amide bonds. The lowest BCUT2D eigenvalue weighted by atomic mass is 9.76. The van der Waals surface area contributed by atoms with Gasteiger partial charge in [0.05, 0.1) is 18.1 Å². The molecule has 22 heavy (non-hydrogen) atoms. The molecule has 1 unspecified atom stereocenters. The van der Waals surface area contributed by atoms with Gasteiger partial charge in [0.1, 0.15) is 20.1 Å². The van der Waals surface area contributed by atoms with Gasteiger partial charge in [-0.05, 0) is 19.4 Å². The van der Waals surface area contributed by atoms with Gasteiger partial charge in [0.15, 0.2) is 0 Å². The van der Waals surface area contributed by atoms with Crippen molar-refractivity contribution in [1.29, 1.82) is 0 Å². The number of fused-ring (bicyclic) bond motifs is 2. The lowest BCUT2D eigenvalue weighted by Crippen LogP contribution is -2.54. The molecule has 5 heteroatoms. The maximum absolute atomic E-state index is 12.3. The molecule has 2 radical (unpaired) electrons. The van der Waals surface area contributed by atoms with Crippen molar-refractivity contribution < 1.29 is 19.0 Å². The van der Waals surface area contributed by atoms with Crippen molar-refractivity contribution >= 4 is 13.8 Å². The van der Waals surface area contributed by atoms with Crippen molar-refractivity contribution in [2.45, 2.75) is 57.1 Å². The molecule has 4 atom stereocenters. The quantitative estimate of drug-likeness (QED) is 0.631. The lowest BCUT2D eigenvalue weighted by Gasteiger charge is -2.43. The topological polar surface area (TPSA) is 44.8 Å². The van der Waals surface area contributed by atoms with E-state index in [4.69, 9.17) is 22.1 Å². The number of hydrogen-bond donors (Lipinski definition) is 0. The summed E-state index contributed by atoms with van der Waals surface area (Å²) in [5.41, 5.74) is -0.311. The van der Waals surface area contributed by atoms with Gasteiger partial charge in [0.25, 0.3) is 0 Å². The van der Waals surface area contributed by atoms with E-state index in [9.17, 15) is 4.79 Å². The average molecular weight is 300 g/mol. The van der Waals surface area contributed by atoms with Crippen molar-refractivity contribution in [2.75, 3.05) is 0 Å². The van der Waals surface area contributed by atoms with Crippen LogP contribution in [0, 0.1) is 5.92 Å². The predicted molar refractivity (Wildman–Crippen MR) is 82.3 cm³/mol. The van der Waals surface area contributed by atoms with E-state index in [1.165, 1.54) is 0 Å². The number of carbonyl (C=O) groups is 1. The fourth-order valence-electron chi connectivity index (χ4n) is 3.69. The number of carbonyl (C=O) groups excluding carboxylic acids is 1. The first-order valence-corrected chi connectivity index (χ1v) is 7.66. The van der Waals surface area contributed by atoms with Crippen molar-refractivity contribution in [2.24, 2.45) is 5.92 Å². The lowest BCUT2D eigenvalue weighted by molar-refractivity contribution is -0.213. The third-order valence-corrected chi connectivity index (χ3v) is 5.00. The van der Waals surface area contributed by atoms with Gasteiger partial charge in [-0.1, -0.05) is 37.3 Å². The summed E-state index contributed by atoms with van der Waals surface area (Å²) in [5, 5.41) is 0. The standard InChI is InChI=1S/C17H21BO4/c1-11-14-15(18)22-17(11,16(2,3)21-14)9-13(19)20-10-12-7-5-4-6-8-12/h4-8,11,14-15H,9-10H2,1-3H3/t11?,14-,15+,17+/m0/s1. The van der Waals surface area contributed by atoms with Crippen LogP contribution in [0.15, 0.2) is 30.3 Å². The number of rotatable bonds is 4. The Bertz CT molecular complexity index is 559. The van der Waals surface area contributed by atoms with Crippen LogP contribution < -0.4 is 0 Å². The molecule has 1 aromatic carbocycles. The first-order chi connectivity index (χ1) is 10.4. The summed E-state index contributed by atoms with van der Waals surface area (Å²) in [4.78, 5) is 12.3. The van der Waals surface area contributed by atoms with Crippen molar-refractivity contribution in [1.82, 2.24) is 0 Å². The second-order valence-electron chi connectivity index (χ2n) is 6.68. The molecule has 2 fully saturated rings. The zero-order valence-electron chi connectivity index (χ0n) is 13.2. The normalized spacial score (nSPS) is 35.5. The Morgan fingerprint density at radius 3 is 2.55 bits per heavy atom. The van der Waals surface area contributed by atoms with E-state index in [1.807, 2.05) is 51.1 Å². The minimum atomic E-state index is -0.717. The minimum Gasteiger partial charge on any atom is -0.461 e. The minimum absolute atomic E-state index is 0.0572. The van der Waals surface area contributed by atoms with Crippen LogP contribution in [-0.2, 0) is 25.6 Å². The van der Waals surface area contributed by atoms with Crippen LogP contribution in [0.5, 0.6) is 0 Å². The monoisotopic (exact) mass is 300 g/mol. The zero-order valence-corrected chi connectivity index (χ0v) is 13.2. The van der Waals surface area contributed by atoms with Crippen molar-refractivity contribution in [3.63, 3.8) is 0 Å². The van der Waals surface area contributed by atoms with Crippen molar-refractivity contribution in [3.8, 4) is 0 Å². The van der Waals surface area contributed by atoms with E-state index in [2.05, 4.69) is 0 Å². The Labute approximate surface area is 132 Å². The van der Waals surface area contributed by atoms with E-state index in [0.717, 1.165) is 5.56 Å². The summed E-state index contributed by atoms with van der Waals surface area (Å²) < 4.78 is 17.3. The molecule has 116 valence electrons. The van der Waals surface area contributed by atoms with E-state index in [1.54, 1.807) is 0 Å². The number of benzene rings is 1. The predicted octanol–water partition coefficient (Wildman–Crippen LogP) is 2.20. The van der Waals surface area contributed by atoms with Crippen LogP contribution in [0.3, 0.4) is 0 Å². The molecule has 1 aromatic rings. The van der Waals surface area contributed by atoms with E-state index >= 15 is 0 Å². The molecule has 2 heterocycles. The molecule has 0 spiro atoms. The SMILES string of the molecule is [B][C@@H]1O[C@]2(CC(=O)OCc3ccccc3)C(C)[C@@H]1OC2(C)C. The zero-order chi connectivity index (χ0) is 16.0. The van der Waals surface area contributed by atoms with E-state index in [-0.39, 0.29) is 31.0 Å². The van der Waals surface area contributed by atoms with E-state index in [0.29, 0.717) is 0 Å². The first-order valence-electron chi connectivity index (χ1n) is 7.66. The number of ether oxygens (including phenoxy) is 3. The second-order valence-corrected chi connectivity index (χ2v) is 6.68. The molecular weight excluding hydrogens is 279 g/mol. The maximum Gasteiger partial charge on any atom is 0.309 e. The number of hydrogen-bond acceptors (Lipinski definition) is 4. The van der Waals surface area contributed by atoms with Crippen LogP contribution in [0.1, 0.15) is 32.8 Å². The highest BCUT2D eigenvalue weighted by molar-refractivity contribution is 6.11. The molecular formula is C17H21BO4. The van der Waals surface area contributed by atoms with Gasteiger partial charge in [0.2, 0.25) is 0 Å². The summed E-state index contributed by atoms with van der Waals surface area (Å²) in [5.74, 6) is -0.232. The summed E-state index contributed by atoms with van der Waals surface area (Å²) >= 11 is 0. The molecule has 0 aromatic heterocycles. The number of esters is 1. The van der Waals surface area contributed by atoms with E-state index < -0.39 is 17.2 Å². The third-order valence-electron chi connectivity index (χ3n) is 5.00. The Balaban J connectivity index is 1.67. The molecule has 3 rings (SSSR count). The summed E-state index contributed by atoms with van der Waals surface area (Å²) in [6.45, 7) is 6.18. The molecule has 0 saturated carbocycles. The fraction of sp³-hybridized carbons (Fsp3) is 0.588.